The van der Waals surface area contributed by atoms with Gasteiger partial charge in [0, 0.05) is 47.7 Å². The molecule has 0 aliphatic carbocycles. The summed E-state index contributed by atoms with van der Waals surface area (Å²) in [5.74, 6) is -0.328. The van der Waals surface area contributed by atoms with Gasteiger partial charge < -0.3 is 9.88 Å². The van der Waals surface area contributed by atoms with Crippen LogP contribution >= 0.6 is 0 Å². The number of H-pyrrole nitrogens is 1. The van der Waals surface area contributed by atoms with Gasteiger partial charge in [-0.1, -0.05) is 12.1 Å². The van der Waals surface area contributed by atoms with Gasteiger partial charge in [-0.05, 0) is 61.0 Å². The van der Waals surface area contributed by atoms with Crippen LogP contribution < -0.4 is 0 Å². The highest BCUT2D eigenvalue weighted by atomic mass is 19.1. The van der Waals surface area contributed by atoms with E-state index in [1.54, 1.807) is 12.1 Å². The molecule has 1 aromatic heterocycles. The van der Waals surface area contributed by atoms with E-state index in [0.29, 0.717) is 12.0 Å². The molecule has 0 amide bonds. The van der Waals surface area contributed by atoms with Crippen molar-refractivity contribution >= 4 is 22.3 Å². The first-order valence-corrected chi connectivity index (χ1v) is 8.87. The number of aromatic amines is 1. The minimum absolute atomic E-state index is 0.0000533. The number of carbonyl (C=O) groups is 1. The fourth-order valence-electron chi connectivity index (χ4n) is 3.48. The van der Waals surface area contributed by atoms with Crippen molar-refractivity contribution in [3.63, 3.8) is 0 Å². The Labute approximate surface area is 152 Å². The number of hydrogen-bond donors (Lipinski definition) is 1. The summed E-state index contributed by atoms with van der Waals surface area (Å²) < 4.78 is 13.0. The summed E-state index contributed by atoms with van der Waals surface area (Å²) >= 11 is 0. The minimum atomic E-state index is -0.327. The molecule has 26 heavy (non-hydrogen) atoms. The van der Waals surface area contributed by atoms with Crippen molar-refractivity contribution in [1.82, 2.24) is 9.88 Å². The smallest absolute Gasteiger partial charge is 0.167 e. The molecule has 1 aliphatic rings. The highest BCUT2D eigenvalue weighted by Crippen LogP contribution is 2.30. The zero-order chi connectivity index (χ0) is 18.1. The summed E-state index contributed by atoms with van der Waals surface area (Å²) in [6, 6.07) is 11.8. The van der Waals surface area contributed by atoms with Gasteiger partial charge in [0.05, 0.1) is 0 Å². The maximum atomic E-state index is 13.0. The molecule has 1 aliphatic heterocycles. The first-order valence-electron chi connectivity index (χ1n) is 8.87. The van der Waals surface area contributed by atoms with Crippen LogP contribution in [0.1, 0.15) is 27.9 Å². The van der Waals surface area contributed by atoms with Crippen LogP contribution in [-0.4, -0.2) is 35.8 Å². The number of nitrogens with one attached hydrogen (secondary N) is 1. The molecule has 1 N–H and O–H groups in total. The average molecular weight is 348 g/mol. The highest BCUT2D eigenvalue weighted by Gasteiger charge is 2.14. The molecule has 2 aromatic carbocycles. The fraction of sp³-hybridized carbons (Fsp3) is 0.227. The van der Waals surface area contributed by atoms with Gasteiger partial charge in [-0.15, -0.1) is 0 Å². The number of nitrogens with zero attached hydrogens (tertiary/aromatic N) is 1. The number of Topliss-reactive ketones (excluding diaryl/α,β-unsaturated/α-hetero) is 1. The minimum Gasteiger partial charge on any atom is -0.361 e. The summed E-state index contributed by atoms with van der Waals surface area (Å²) in [4.78, 5) is 18.1. The van der Waals surface area contributed by atoms with Gasteiger partial charge in [-0.3, -0.25) is 4.79 Å². The Balaban J connectivity index is 1.62. The quantitative estimate of drug-likeness (QED) is 0.707. The van der Waals surface area contributed by atoms with Crippen LogP contribution in [0.2, 0.25) is 0 Å². The number of halogens is 1. The second kappa shape index (κ2) is 6.89. The van der Waals surface area contributed by atoms with E-state index >= 15 is 0 Å². The number of benzene rings is 2. The van der Waals surface area contributed by atoms with E-state index in [4.69, 9.17) is 0 Å². The first-order chi connectivity index (χ1) is 12.6. The van der Waals surface area contributed by atoms with Crippen molar-refractivity contribution in [2.75, 3.05) is 20.1 Å². The van der Waals surface area contributed by atoms with Gasteiger partial charge in [0.25, 0.3) is 0 Å². The molecule has 0 saturated carbocycles. The van der Waals surface area contributed by atoms with Crippen molar-refractivity contribution in [2.45, 2.75) is 12.8 Å². The van der Waals surface area contributed by atoms with Crippen molar-refractivity contribution < 1.29 is 9.18 Å². The lowest BCUT2D eigenvalue weighted by atomic mass is 9.96. The molecule has 4 rings (SSSR count). The molecular formula is C22H21FN2O. The van der Waals surface area contributed by atoms with E-state index in [9.17, 15) is 9.18 Å². The largest absolute Gasteiger partial charge is 0.361 e. The SMILES string of the molecule is CN1CC=C(c2c[nH]c3ccc(CC(=O)c4ccc(F)cc4)cc23)CC1. The summed E-state index contributed by atoms with van der Waals surface area (Å²) in [5, 5.41) is 1.16. The molecule has 0 radical (unpaired) electrons. The van der Waals surface area contributed by atoms with E-state index in [0.717, 1.165) is 36.0 Å². The average Bonchev–Trinajstić information content (AvgIpc) is 3.06. The molecule has 0 fully saturated rings. The molecular weight excluding hydrogens is 327 g/mol. The van der Waals surface area contributed by atoms with Crippen molar-refractivity contribution in [2.24, 2.45) is 0 Å². The van der Waals surface area contributed by atoms with Crippen molar-refractivity contribution in [3.8, 4) is 0 Å². The Morgan fingerprint density at radius 3 is 2.73 bits per heavy atom. The Morgan fingerprint density at radius 2 is 2.00 bits per heavy atom. The number of ketones is 1. The third-order valence-corrected chi connectivity index (χ3v) is 5.04. The summed E-state index contributed by atoms with van der Waals surface area (Å²) in [5.41, 5.74) is 5.18. The van der Waals surface area contributed by atoms with Gasteiger partial charge in [0.15, 0.2) is 5.78 Å². The lowest BCUT2D eigenvalue weighted by molar-refractivity contribution is 0.0993. The fourth-order valence-corrected chi connectivity index (χ4v) is 3.48. The van der Waals surface area contributed by atoms with Crippen LogP contribution in [0.3, 0.4) is 0 Å². The third-order valence-electron chi connectivity index (χ3n) is 5.04. The highest BCUT2D eigenvalue weighted by molar-refractivity contribution is 5.99. The van der Waals surface area contributed by atoms with Crippen LogP contribution in [0.4, 0.5) is 4.39 Å². The Bertz CT molecular complexity index is 985. The predicted octanol–water partition coefficient (Wildman–Crippen LogP) is 4.45. The Hall–Kier alpha value is -2.72. The van der Waals surface area contributed by atoms with Crippen LogP contribution in [0.5, 0.6) is 0 Å². The predicted molar refractivity (Wildman–Crippen MR) is 103 cm³/mol. The van der Waals surface area contributed by atoms with Crippen LogP contribution in [0, 0.1) is 5.82 Å². The maximum absolute atomic E-state index is 13.0. The van der Waals surface area contributed by atoms with Gasteiger partial charge in [-0.2, -0.15) is 0 Å². The van der Waals surface area contributed by atoms with Gasteiger partial charge >= 0.3 is 0 Å². The normalized spacial score (nSPS) is 15.2. The van der Waals surface area contributed by atoms with Gasteiger partial charge in [0.1, 0.15) is 5.82 Å². The second-order valence-corrected chi connectivity index (χ2v) is 6.93. The summed E-state index contributed by atoms with van der Waals surface area (Å²) in [6.07, 6.45) is 5.69. The number of aromatic nitrogens is 1. The molecule has 0 unspecified atom stereocenters. The number of hydrogen-bond acceptors (Lipinski definition) is 2. The van der Waals surface area contributed by atoms with Crippen LogP contribution in [0.25, 0.3) is 16.5 Å². The number of rotatable bonds is 4. The topological polar surface area (TPSA) is 36.1 Å². The Morgan fingerprint density at radius 1 is 1.19 bits per heavy atom. The molecule has 3 nitrogen and oxygen atoms in total. The van der Waals surface area contributed by atoms with E-state index in [2.05, 4.69) is 35.3 Å². The van der Waals surface area contributed by atoms with Gasteiger partial charge in [0.2, 0.25) is 0 Å². The number of likely N-dealkylation sites (N-methyl/N-ethyl adjacent to an activating group) is 1. The van der Waals surface area contributed by atoms with E-state index in [-0.39, 0.29) is 11.6 Å². The zero-order valence-electron chi connectivity index (χ0n) is 14.8. The lowest BCUT2D eigenvalue weighted by Gasteiger charge is -2.21. The van der Waals surface area contributed by atoms with E-state index in [1.807, 2.05) is 12.1 Å². The summed E-state index contributed by atoms with van der Waals surface area (Å²) in [7, 11) is 2.13. The number of fused-ring (bicyclic) bond motifs is 1. The molecule has 3 aromatic rings. The molecule has 2 heterocycles. The Kier molecular flexibility index (Phi) is 4.43. The zero-order valence-corrected chi connectivity index (χ0v) is 14.8. The third kappa shape index (κ3) is 3.33. The maximum Gasteiger partial charge on any atom is 0.167 e. The number of carbonyl (C=O) groups excluding carboxylic acids is 1. The van der Waals surface area contributed by atoms with Crippen molar-refractivity contribution in [3.05, 3.63) is 77.2 Å². The van der Waals surface area contributed by atoms with Gasteiger partial charge in [-0.25, -0.2) is 4.39 Å². The molecule has 0 spiro atoms. The first kappa shape index (κ1) is 16.7. The molecule has 132 valence electrons. The monoisotopic (exact) mass is 348 g/mol. The van der Waals surface area contributed by atoms with Crippen molar-refractivity contribution in [1.29, 1.82) is 0 Å². The summed E-state index contributed by atoms with van der Waals surface area (Å²) in [6.45, 7) is 2.02. The molecule has 0 saturated heterocycles. The van der Waals surface area contributed by atoms with Crippen LogP contribution in [-0.2, 0) is 6.42 Å². The van der Waals surface area contributed by atoms with E-state index in [1.165, 1.54) is 23.3 Å². The van der Waals surface area contributed by atoms with E-state index < -0.39 is 0 Å². The molecule has 0 atom stereocenters. The molecule has 0 bridgehead atoms. The lowest BCUT2D eigenvalue weighted by Crippen LogP contribution is -2.23. The second-order valence-electron chi connectivity index (χ2n) is 6.93. The standard InChI is InChI=1S/C22H21FN2O/c1-25-10-8-16(9-11-25)20-14-24-21-7-2-15(12-19(20)21)13-22(26)17-3-5-18(23)6-4-17/h2-8,12,14,24H,9-11,13H2,1H3. The molecule has 4 heteroatoms. The van der Waals surface area contributed by atoms with Crippen LogP contribution in [0.15, 0.2) is 54.7 Å².